The molecule has 31 heavy (non-hydrogen) atoms. The largest absolute Gasteiger partial charge is 0.489 e. The molecule has 0 radical (unpaired) electrons. The average Bonchev–Trinajstić information content (AvgIpc) is 3.21. The van der Waals surface area contributed by atoms with Crippen LogP contribution in [0.4, 0.5) is 5.13 Å². The Bertz CT molecular complexity index is 1280. The van der Waals surface area contributed by atoms with E-state index in [1.54, 1.807) is 30.3 Å². The van der Waals surface area contributed by atoms with E-state index in [0.717, 1.165) is 11.8 Å². The van der Waals surface area contributed by atoms with Gasteiger partial charge in [0.25, 0.3) is 11.1 Å². The molecule has 3 aromatic rings. The van der Waals surface area contributed by atoms with Crippen LogP contribution in [0.15, 0.2) is 59.3 Å². The van der Waals surface area contributed by atoms with Gasteiger partial charge < -0.3 is 4.74 Å². The molecule has 158 valence electrons. The third-order valence-corrected chi connectivity index (χ3v) is 5.83. The Morgan fingerprint density at radius 2 is 1.97 bits per heavy atom. The second-order valence-electron chi connectivity index (χ2n) is 6.23. The lowest BCUT2D eigenvalue weighted by Gasteiger charge is -2.08. The van der Waals surface area contributed by atoms with Gasteiger partial charge in [0.15, 0.2) is 0 Å². The number of hydrogen-bond donors (Lipinski definition) is 1. The van der Waals surface area contributed by atoms with Gasteiger partial charge in [0.05, 0.1) is 0 Å². The summed E-state index contributed by atoms with van der Waals surface area (Å²) in [7, 11) is -3.58. The number of rotatable bonds is 7. The summed E-state index contributed by atoms with van der Waals surface area (Å²) in [5.41, 5.74) is 1.28. The molecule has 11 heteroatoms. The molecular weight excluding hydrogens is 460 g/mol. The summed E-state index contributed by atoms with van der Waals surface area (Å²) in [6, 6.07) is 16.0. The number of halogens is 1. The Balaban J connectivity index is 1.66. The molecule has 1 amide bonds. The van der Waals surface area contributed by atoms with E-state index in [9.17, 15) is 18.5 Å². The minimum atomic E-state index is -3.58. The second-order valence-corrected chi connectivity index (χ2v) is 9.30. The third kappa shape index (κ3) is 6.11. The zero-order valence-electron chi connectivity index (χ0n) is 16.1. The molecule has 0 spiro atoms. The van der Waals surface area contributed by atoms with Gasteiger partial charge in [0.2, 0.25) is 15.0 Å². The molecule has 0 saturated carbocycles. The third-order valence-electron chi connectivity index (χ3n) is 3.87. The molecule has 0 bridgehead atoms. The molecule has 2 aromatic carbocycles. The standard InChI is InChI=1S/C20H15ClN4O4S2/c1-31(27,28)20-24-19(30-25-20)23-18(26)15(11-22)10-13-6-8-16(9-7-13)29-12-14-4-2-3-5-17(14)21/h2-10H,12H2,1H3,(H,23,24,25,26)/b15-10-. The van der Waals surface area contributed by atoms with Crippen LogP contribution < -0.4 is 10.1 Å². The maximum atomic E-state index is 12.3. The highest BCUT2D eigenvalue weighted by atomic mass is 35.5. The minimum absolute atomic E-state index is 0.0186. The van der Waals surface area contributed by atoms with Gasteiger partial charge in [-0.15, -0.1) is 0 Å². The molecular formula is C20H15ClN4O4S2. The monoisotopic (exact) mass is 474 g/mol. The number of nitriles is 1. The van der Waals surface area contributed by atoms with Crippen molar-refractivity contribution in [2.75, 3.05) is 11.6 Å². The molecule has 1 N–H and O–H groups in total. The first-order valence-electron chi connectivity index (χ1n) is 8.69. The summed E-state index contributed by atoms with van der Waals surface area (Å²) in [6.45, 7) is 0.304. The molecule has 0 aliphatic heterocycles. The summed E-state index contributed by atoms with van der Waals surface area (Å²) in [5, 5.41) is 11.9. The quantitative estimate of drug-likeness (QED) is 0.409. The molecule has 0 atom stereocenters. The number of aromatic nitrogens is 2. The summed E-state index contributed by atoms with van der Waals surface area (Å²) < 4.78 is 32.2. The van der Waals surface area contributed by atoms with E-state index in [2.05, 4.69) is 14.7 Å². The number of hydrogen-bond acceptors (Lipinski definition) is 8. The number of ether oxygens (including phenoxy) is 1. The van der Waals surface area contributed by atoms with Crippen molar-refractivity contribution in [3.05, 3.63) is 70.3 Å². The van der Waals surface area contributed by atoms with Crippen LogP contribution in [0, 0.1) is 11.3 Å². The van der Waals surface area contributed by atoms with Crippen LogP contribution in [-0.4, -0.2) is 29.9 Å². The Hall–Kier alpha value is -3.26. The van der Waals surface area contributed by atoms with Crippen molar-refractivity contribution < 1.29 is 17.9 Å². The number of benzene rings is 2. The number of anilines is 1. The Morgan fingerprint density at radius 1 is 1.26 bits per heavy atom. The molecule has 1 aromatic heterocycles. The predicted octanol–water partition coefficient (Wildman–Crippen LogP) is 3.72. The molecule has 0 aliphatic rings. The van der Waals surface area contributed by atoms with Gasteiger partial charge >= 0.3 is 0 Å². The number of nitrogens with one attached hydrogen (secondary N) is 1. The van der Waals surface area contributed by atoms with Crippen LogP contribution in [0.2, 0.25) is 5.02 Å². The van der Waals surface area contributed by atoms with Crippen LogP contribution in [0.25, 0.3) is 6.08 Å². The zero-order valence-corrected chi connectivity index (χ0v) is 18.5. The van der Waals surface area contributed by atoms with Crippen LogP contribution >= 0.6 is 23.1 Å². The van der Waals surface area contributed by atoms with Gasteiger partial charge in [0, 0.05) is 28.4 Å². The first-order valence-corrected chi connectivity index (χ1v) is 11.7. The van der Waals surface area contributed by atoms with Gasteiger partial charge in [0.1, 0.15) is 24.0 Å². The summed E-state index contributed by atoms with van der Waals surface area (Å²) >= 11 is 6.82. The number of sulfone groups is 1. The molecule has 1 heterocycles. The average molecular weight is 475 g/mol. The van der Waals surface area contributed by atoms with Gasteiger partial charge in [-0.05, 0) is 29.8 Å². The molecule has 0 saturated heterocycles. The molecule has 8 nitrogen and oxygen atoms in total. The van der Waals surface area contributed by atoms with Crippen molar-refractivity contribution in [3.8, 4) is 11.8 Å². The number of nitrogens with zero attached hydrogens (tertiary/aromatic N) is 3. The predicted molar refractivity (Wildman–Crippen MR) is 117 cm³/mol. The maximum Gasteiger partial charge on any atom is 0.268 e. The fourth-order valence-electron chi connectivity index (χ4n) is 2.33. The van der Waals surface area contributed by atoms with Crippen molar-refractivity contribution in [3.63, 3.8) is 0 Å². The summed E-state index contributed by atoms with van der Waals surface area (Å²) in [5.74, 6) is -0.125. The van der Waals surface area contributed by atoms with Crippen LogP contribution in [0.3, 0.4) is 0 Å². The Morgan fingerprint density at radius 3 is 2.58 bits per heavy atom. The second kappa shape index (κ2) is 9.70. The van der Waals surface area contributed by atoms with Crippen molar-refractivity contribution in [2.45, 2.75) is 11.8 Å². The van der Waals surface area contributed by atoms with Crippen molar-refractivity contribution in [1.82, 2.24) is 9.36 Å². The van der Waals surface area contributed by atoms with Gasteiger partial charge in [-0.1, -0.05) is 41.9 Å². The van der Waals surface area contributed by atoms with E-state index in [1.165, 1.54) is 6.08 Å². The molecule has 0 fully saturated rings. The normalized spacial score (nSPS) is 11.6. The highest BCUT2D eigenvalue weighted by Gasteiger charge is 2.17. The van der Waals surface area contributed by atoms with Crippen molar-refractivity contribution in [1.29, 1.82) is 5.26 Å². The SMILES string of the molecule is CS(=O)(=O)c1nsc(NC(=O)/C(C#N)=C\c2ccc(OCc3ccccc3Cl)cc2)n1. The van der Waals surface area contributed by atoms with E-state index >= 15 is 0 Å². The lowest BCUT2D eigenvalue weighted by Crippen LogP contribution is -2.13. The minimum Gasteiger partial charge on any atom is -0.489 e. The van der Waals surface area contributed by atoms with E-state index in [4.69, 9.17) is 16.3 Å². The molecule has 0 aliphatic carbocycles. The van der Waals surface area contributed by atoms with Gasteiger partial charge in [-0.2, -0.15) is 14.6 Å². The zero-order chi connectivity index (χ0) is 22.4. The van der Waals surface area contributed by atoms with E-state index < -0.39 is 15.7 Å². The number of amides is 1. The number of carbonyl (C=O) groups excluding carboxylic acids is 1. The smallest absolute Gasteiger partial charge is 0.268 e. The summed E-state index contributed by atoms with van der Waals surface area (Å²) in [4.78, 5) is 16.0. The highest BCUT2D eigenvalue weighted by molar-refractivity contribution is 7.90. The van der Waals surface area contributed by atoms with Crippen molar-refractivity contribution >= 4 is 50.1 Å². The first kappa shape index (κ1) is 22.4. The molecule has 0 unspecified atom stereocenters. The topological polar surface area (TPSA) is 122 Å². The summed E-state index contributed by atoms with van der Waals surface area (Å²) in [6.07, 6.45) is 2.36. The highest BCUT2D eigenvalue weighted by Crippen LogP contribution is 2.20. The fourth-order valence-corrected chi connectivity index (χ4v) is 3.96. The molecule has 3 rings (SSSR count). The van der Waals surface area contributed by atoms with Gasteiger partial charge in [-0.25, -0.2) is 8.42 Å². The first-order chi connectivity index (χ1) is 14.8. The van der Waals surface area contributed by atoms with Crippen molar-refractivity contribution in [2.24, 2.45) is 0 Å². The Kier molecular flexibility index (Phi) is 7.02. The maximum absolute atomic E-state index is 12.3. The van der Waals surface area contributed by atoms with Crippen LogP contribution in [0.5, 0.6) is 5.75 Å². The van der Waals surface area contributed by atoms with Crippen LogP contribution in [0.1, 0.15) is 11.1 Å². The lowest BCUT2D eigenvalue weighted by atomic mass is 10.1. The van der Waals surface area contributed by atoms with E-state index in [-0.39, 0.29) is 15.9 Å². The van der Waals surface area contributed by atoms with E-state index in [1.807, 2.05) is 24.3 Å². The Labute approximate surface area is 187 Å². The lowest BCUT2D eigenvalue weighted by molar-refractivity contribution is -0.112. The fraction of sp³-hybridized carbons (Fsp3) is 0.100. The van der Waals surface area contributed by atoms with Gasteiger partial charge in [-0.3, -0.25) is 10.1 Å². The van der Waals surface area contributed by atoms with Crippen LogP contribution in [-0.2, 0) is 21.2 Å². The number of carbonyl (C=O) groups is 1. The van der Waals surface area contributed by atoms with E-state index in [0.29, 0.717) is 34.5 Å².